The number of aromatic amines is 1. The Bertz CT molecular complexity index is 628. The molecule has 0 radical (unpaired) electrons. The molecule has 1 saturated carbocycles. The molecule has 1 aromatic heterocycles. The van der Waals surface area contributed by atoms with Crippen LogP contribution in [0, 0.1) is 17.8 Å². The first-order chi connectivity index (χ1) is 9.31. The number of fused-ring (bicyclic) bond motifs is 3. The molecule has 0 spiro atoms. The van der Waals surface area contributed by atoms with Crippen LogP contribution in [0.2, 0.25) is 0 Å². The van der Waals surface area contributed by atoms with Crippen LogP contribution in [0.15, 0.2) is 36.5 Å². The Morgan fingerprint density at radius 1 is 1.32 bits per heavy atom. The van der Waals surface area contributed by atoms with Crippen LogP contribution in [0.3, 0.4) is 0 Å². The van der Waals surface area contributed by atoms with E-state index in [1.165, 1.54) is 23.9 Å². The Balaban J connectivity index is 1.58. The minimum atomic E-state index is 0.514. The van der Waals surface area contributed by atoms with Crippen molar-refractivity contribution >= 4 is 16.6 Å². The summed E-state index contributed by atoms with van der Waals surface area (Å²) in [5, 5.41) is 12.0. The van der Waals surface area contributed by atoms with E-state index in [0.717, 1.165) is 23.3 Å². The SMILES string of the molecule is CC(Nc1cccc2[nH]ncc12)C1CC2C=CC1C2. The average Bonchev–Trinajstić information content (AvgIpc) is 3.14. The smallest absolute Gasteiger partial charge is 0.0671 e. The van der Waals surface area contributed by atoms with Crippen LogP contribution in [-0.4, -0.2) is 16.2 Å². The molecule has 2 bridgehead atoms. The van der Waals surface area contributed by atoms with Gasteiger partial charge in [0.25, 0.3) is 0 Å². The highest BCUT2D eigenvalue weighted by atomic mass is 15.1. The molecule has 3 nitrogen and oxygen atoms in total. The second-order valence-electron chi connectivity index (χ2n) is 6.01. The molecule has 0 amide bonds. The summed E-state index contributed by atoms with van der Waals surface area (Å²) >= 11 is 0. The van der Waals surface area contributed by atoms with Crippen LogP contribution in [-0.2, 0) is 0 Å². The largest absolute Gasteiger partial charge is 0.382 e. The van der Waals surface area contributed by atoms with Gasteiger partial charge in [-0.1, -0.05) is 18.2 Å². The third kappa shape index (κ3) is 1.76. The molecule has 98 valence electrons. The predicted molar refractivity (Wildman–Crippen MR) is 78.0 cm³/mol. The number of benzene rings is 1. The van der Waals surface area contributed by atoms with E-state index in [1.54, 1.807) is 0 Å². The van der Waals surface area contributed by atoms with Gasteiger partial charge < -0.3 is 5.32 Å². The molecule has 2 N–H and O–H groups in total. The lowest BCUT2D eigenvalue weighted by molar-refractivity contribution is 0.400. The first-order valence-corrected chi connectivity index (χ1v) is 7.18. The van der Waals surface area contributed by atoms with E-state index in [-0.39, 0.29) is 0 Å². The summed E-state index contributed by atoms with van der Waals surface area (Å²) in [4.78, 5) is 0. The lowest BCUT2D eigenvalue weighted by Crippen LogP contribution is -2.28. The summed E-state index contributed by atoms with van der Waals surface area (Å²) in [6, 6.07) is 6.81. The highest BCUT2D eigenvalue weighted by Gasteiger charge is 2.38. The van der Waals surface area contributed by atoms with Crippen molar-refractivity contribution < 1.29 is 0 Å². The van der Waals surface area contributed by atoms with Crippen molar-refractivity contribution in [3.63, 3.8) is 0 Å². The third-order valence-corrected chi connectivity index (χ3v) is 4.84. The van der Waals surface area contributed by atoms with Gasteiger partial charge in [0.15, 0.2) is 0 Å². The Labute approximate surface area is 113 Å². The monoisotopic (exact) mass is 253 g/mol. The molecule has 1 heterocycles. The van der Waals surface area contributed by atoms with Gasteiger partial charge in [-0.3, -0.25) is 5.10 Å². The van der Waals surface area contributed by atoms with Gasteiger partial charge in [0.05, 0.1) is 11.7 Å². The highest BCUT2D eigenvalue weighted by Crippen LogP contribution is 2.45. The maximum absolute atomic E-state index is 4.13. The standard InChI is InChI=1S/C16H19N3/c1-10(13-8-11-5-6-12(13)7-11)18-15-3-2-4-16-14(15)9-17-19-16/h2-6,9-13,18H,7-8H2,1H3,(H,17,19). The van der Waals surface area contributed by atoms with Crippen molar-refractivity contribution in [2.24, 2.45) is 17.8 Å². The topological polar surface area (TPSA) is 40.7 Å². The molecule has 0 aliphatic heterocycles. The average molecular weight is 253 g/mol. The van der Waals surface area contributed by atoms with E-state index >= 15 is 0 Å². The van der Waals surface area contributed by atoms with Gasteiger partial charge in [-0.25, -0.2) is 0 Å². The summed E-state index contributed by atoms with van der Waals surface area (Å²) in [6.45, 7) is 2.32. The fraction of sp³-hybridized carbons (Fsp3) is 0.438. The van der Waals surface area contributed by atoms with Gasteiger partial charge in [0.2, 0.25) is 0 Å². The molecule has 4 atom stereocenters. The quantitative estimate of drug-likeness (QED) is 0.821. The molecule has 19 heavy (non-hydrogen) atoms. The van der Waals surface area contributed by atoms with E-state index in [0.29, 0.717) is 6.04 Å². The lowest BCUT2D eigenvalue weighted by atomic mass is 9.87. The first kappa shape index (κ1) is 11.1. The molecule has 3 heteroatoms. The van der Waals surface area contributed by atoms with E-state index < -0.39 is 0 Å². The molecule has 0 saturated heterocycles. The number of anilines is 1. The Hall–Kier alpha value is -1.77. The zero-order chi connectivity index (χ0) is 12.8. The molecule has 4 rings (SSSR count). The van der Waals surface area contributed by atoms with Gasteiger partial charge in [-0.05, 0) is 49.7 Å². The summed E-state index contributed by atoms with van der Waals surface area (Å²) < 4.78 is 0. The Morgan fingerprint density at radius 3 is 3.05 bits per heavy atom. The van der Waals surface area contributed by atoms with Crippen molar-refractivity contribution in [3.8, 4) is 0 Å². The van der Waals surface area contributed by atoms with E-state index in [2.05, 4.69) is 52.8 Å². The predicted octanol–water partition coefficient (Wildman–Crippen LogP) is 3.58. The maximum Gasteiger partial charge on any atom is 0.0671 e. The fourth-order valence-electron chi connectivity index (χ4n) is 3.84. The fourth-order valence-corrected chi connectivity index (χ4v) is 3.84. The molecule has 1 fully saturated rings. The van der Waals surface area contributed by atoms with Gasteiger partial charge in [0.1, 0.15) is 0 Å². The number of allylic oxidation sites excluding steroid dienone is 2. The zero-order valence-corrected chi connectivity index (χ0v) is 11.1. The second-order valence-corrected chi connectivity index (χ2v) is 6.01. The van der Waals surface area contributed by atoms with Crippen LogP contribution in [0.1, 0.15) is 19.8 Å². The number of H-pyrrole nitrogens is 1. The van der Waals surface area contributed by atoms with Crippen LogP contribution in [0.5, 0.6) is 0 Å². The van der Waals surface area contributed by atoms with E-state index in [9.17, 15) is 0 Å². The van der Waals surface area contributed by atoms with Gasteiger partial charge in [-0.2, -0.15) is 5.10 Å². The Morgan fingerprint density at radius 2 is 2.26 bits per heavy atom. The maximum atomic E-state index is 4.13. The number of hydrogen-bond donors (Lipinski definition) is 2. The van der Waals surface area contributed by atoms with E-state index in [4.69, 9.17) is 0 Å². The normalized spacial score (nSPS) is 30.1. The van der Waals surface area contributed by atoms with Crippen molar-refractivity contribution in [1.29, 1.82) is 0 Å². The number of aromatic nitrogens is 2. The van der Waals surface area contributed by atoms with E-state index in [1.807, 2.05) is 6.20 Å². The van der Waals surface area contributed by atoms with Crippen molar-refractivity contribution in [3.05, 3.63) is 36.5 Å². The summed E-state index contributed by atoms with van der Waals surface area (Å²) in [7, 11) is 0. The molecular formula is C16H19N3. The minimum absolute atomic E-state index is 0.514. The summed E-state index contributed by atoms with van der Waals surface area (Å²) in [6.07, 6.45) is 9.45. The van der Waals surface area contributed by atoms with Gasteiger partial charge in [0, 0.05) is 17.1 Å². The van der Waals surface area contributed by atoms with Crippen molar-refractivity contribution in [2.45, 2.75) is 25.8 Å². The third-order valence-electron chi connectivity index (χ3n) is 4.84. The molecule has 4 unspecified atom stereocenters. The number of nitrogens with one attached hydrogen (secondary N) is 2. The summed E-state index contributed by atoms with van der Waals surface area (Å²) in [5.74, 6) is 2.40. The highest BCUT2D eigenvalue weighted by molar-refractivity contribution is 5.90. The number of rotatable bonds is 3. The van der Waals surface area contributed by atoms with Crippen molar-refractivity contribution in [2.75, 3.05) is 5.32 Å². The van der Waals surface area contributed by atoms with Crippen LogP contribution >= 0.6 is 0 Å². The molecule has 2 aromatic rings. The molecule has 2 aliphatic rings. The molecule has 2 aliphatic carbocycles. The van der Waals surface area contributed by atoms with Crippen LogP contribution in [0.4, 0.5) is 5.69 Å². The minimum Gasteiger partial charge on any atom is -0.382 e. The zero-order valence-electron chi connectivity index (χ0n) is 11.1. The first-order valence-electron chi connectivity index (χ1n) is 7.18. The molecular weight excluding hydrogens is 234 g/mol. The second kappa shape index (κ2) is 4.12. The van der Waals surface area contributed by atoms with Crippen LogP contribution < -0.4 is 5.32 Å². The van der Waals surface area contributed by atoms with Gasteiger partial charge in [-0.15, -0.1) is 0 Å². The number of hydrogen-bond acceptors (Lipinski definition) is 2. The lowest BCUT2D eigenvalue weighted by Gasteiger charge is -2.27. The van der Waals surface area contributed by atoms with Gasteiger partial charge >= 0.3 is 0 Å². The Kier molecular flexibility index (Phi) is 2.40. The summed E-state index contributed by atoms with van der Waals surface area (Å²) in [5.41, 5.74) is 2.30. The number of nitrogens with zero attached hydrogens (tertiary/aromatic N) is 1. The van der Waals surface area contributed by atoms with Crippen LogP contribution in [0.25, 0.3) is 10.9 Å². The van der Waals surface area contributed by atoms with Crippen molar-refractivity contribution in [1.82, 2.24) is 10.2 Å². The molecule has 1 aromatic carbocycles.